The summed E-state index contributed by atoms with van der Waals surface area (Å²) >= 11 is 1.86. The molecule has 1 fully saturated rings. The van der Waals surface area contributed by atoms with Crippen LogP contribution >= 0.6 is 11.8 Å². The van der Waals surface area contributed by atoms with Crippen LogP contribution in [0.5, 0.6) is 0 Å². The molecule has 94 valence electrons. The molecule has 0 radical (unpaired) electrons. The molecule has 0 saturated heterocycles. The molecule has 3 rings (SSSR count). The smallest absolute Gasteiger partial charge is 0.237 e. The Hall–Kier alpha value is -1.43. The first-order valence-corrected chi connectivity index (χ1v) is 7.18. The first-order valence-electron chi connectivity index (χ1n) is 6.02. The van der Waals surface area contributed by atoms with Crippen molar-refractivity contribution in [2.24, 2.45) is 5.92 Å². The first-order chi connectivity index (χ1) is 8.81. The van der Waals surface area contributed by atoms with Crippen LogP contribution in [0.15, 0.2) is 16.7 Å². The lowest BCUT2D eigenvalue weighted by atomic mass is 10.3. The van der Waals surface area contributed by atoms with Crippen LogP contribution < -0.4 is 0 Å². The molecule has 1 saturated carbocycles. The fourth-order valence-corrected chi connectivity index (χ4v) is 2.61. The van der Waals surface area contributed by atoms with E-state index in [1.165, 1.54) is 18.6 Å². The molecule has 6 heteroatoms. The van der Waals surface area contributed by atoms with Crippen molar-refractivity contribution in [3.8, 4) is 11.5 Å². The number of aromatic nitrogens is 4. The van der Waals surface area contributed by atoms with E-state index in [-0.39, 0.29) is 0 Å². The number of rotatable bonds is 5. The Morgan fingerprint density at radius 3 is 2.94 bits per heavy atom. The molecule has 2 heterocycles. The van der Waals surface area contributed by atoms with Crippen molar-refractivity contribution in [2.75, 3.05) is 5.75 Å². The summed E-state index contributed by atoms with van der Waals surface area (Å²) in [5.74, 6) is 4.08. The number of nitrogens with zero attached hydrogens (tertiary/aromatic N) is 4. The Morgan fingerprint density at radius 1 is 1.33 bits per heavy atom. The second-order valence-electron chi connectivity index (χ2n) is 4.53. The van der Waals surface area contributed by atoms with Crippen LogP contribution in [0.25, 0.3) is 11.5 Å². The van der Waals surface area contributed by atoms with Crippen molar-refractivity contribution in [3.05, 3.63) is 23.7 Å². The number of hydrogen-bond acceptors (Lipinski definition) is 6. The lowest BCUT2D eigenvalue weighted by Gasteiger charge is -1.94. The minimum absolute atomic E-state index is 0.518. The van der Waals surface area contributed by atoms with E-state index in [9.17, 15) is 0 Å². The Balaban J connectivity index is 1.62. The molecule has 5 nitrogen and oxygen atoms in total. The Kier molecular flexibility index (Phi) is 3.27. The van der Waals surface area contributed by atoms with Crippen LogP contribution in [0.4, 0.5) is 0 Å². The third-order valence-electron chi connectivity index (χ3n) is 2.77. The van der Waals surface area contributed by atoms with Gasteiger partial charge in [-0.15, -0.1) is 5.10 Å². The highest BCUT2D eigenvalue weighted by molar-refractivity contribution is 7.98. The van der Waals surface area contributed by atoms with Crippen molar-refractivity contribution in [1.82, 2.24) is 20.3 Å². The average molecular weight is 262 g/mol. The van der Waals surface area contributed by atoms with E-state index in [0.717, 1.165) is 17.4 Å². The lowest BCUT2D eigenvalue weighted by molar-refractivity contribution is 0.391. The van der Waals surface area contributed by atoms with Crippen molar-refractivity contribution < 1.29 is 4.52 Å². The van der Waals surface area contributed by atoms with E-state index in [1.807, 2.05) is 30.8 Å². The first kappa shape index (κ1) is 11.6. The highest BCUT2D eigenvalue weighted by atomic mass is 32.2. The monoisotopic (exact) mass is 262 g/mol. The molecule has 0 atom stereocenters. The maximum Gasteiger partial charge on any atom is 0.237 e. The largest absolute Gasteiger partial charge is 0.338 e. The van der Waals surface area contributed by atoms with Crippen LogP contribution in [0.2, 0.25) is 0 Å². The summed E-state index contributed by atoms with van der Waals surface area (Å²) < 4.78 is 5.20. The zero-order chi connectivity index (χ0) is 12.4. The van der Waals surface area contributed by atoms with Gasteiger partial charge in [0.15, 0.2) is 0 Å². The molecule has 0 bridgehead atoms. The summed E-state index contributed by atoms with van der Waals surface area (Å²) in [5.41, 5.74) is 1.53. The van der Waals surface area contributed by atoms with Gasteiger partial charge in [0.05, 0.1) is 11.4 Å². The van der Waals surface area contributed by atoms with Gasteiger partial charge in [-0.25, -0.2) is 0 Å². The summed E-state index contributed by atoms with van der Waals surface area (Å²) in [6.45, 7) is 1.90. The van der Waals surface area contributed by atoms with E-state index >= 15 is 0 Å². The Morgan fingerprint density at radius 2 is 2.22 bits per heavy atom. The quantitative estimate of drug-likeness (QED) is 0.824. The number of hydrogen-bond donors (Lipinski definition) is 0. The van der Waals surface area contributed by atoms with Gasteiger partial charge in [-0.1, -0.05) is 5.16 Å². The molecule has 0 amide bonds. The summed E-state index contributed by atoms with van der Waals surface area (Å²) in [4.78, 5) is 4.33. The predicted octanol–water partition coefficient (Wildman–Crippen LogP) is 2.48. The zero-order valence-electron chi connectivity index (χ0n) is 10.2. The predicted molar refractivity (Wildman–Crippen MR) is 68.9 cm³/mol. The summed E-state index contributed by atoms with van der Waals surface area (Å²) in [6.07, 6.45) is 2.75. The van der Waals surface area contributed by atoms with Gasteiger partial charge in [-0.3, -0.25) is 0 Å². The number of thioether (sulfide) groups is 1. The second-order valence-corrected chi connectivity index (χ2v) is 5.56. The third kappa shape index (κ3) is 2.87. The van der Waals surface area contributed by atoms with Gasteiger partial charge >= 0.3 is 0 Å². The van der Waals surface area contributed by atoms with E-state index in [4.69, 9.17) is 4.52 Å². The van der Waals surface area contributed by atoms with Gasteiger partial charge in [0, 0.05) is 0 Å². The van der Waals surface area contributed by atoms with E-state index in [2.05, 4.69) is 20.3 Å². The summed E-state index contributed by atoms with van der Waals surface area (Å²) in [6, 6.07) is 3.74. The second kappa shape index (κ2) is 5.06. The minimum Gasteiger partial charge on any atom is -0.338 e. The normalized spacial score (nSPS) is 14.9. The third-order valence-corrected chi connectivity index (χ3v) is 3.93. The standard InChI is InChI=1S/C12H14N4OS/c1-8-2-5-10(15-14-8)12-13-11(17-16-12)7-18-6-9-3-4-9/h2,5,9H,3-4,6-7H2,1H3. The van der Waals surface area contributed by atoms with Gasteiger partial charge < -0.3 is 4.52 Å². The fraction of sp³-hybridized carbons (Fsp3) is 0.500. The zero-order valence-corrected chi connectivity index (χ0v) is 11.0. The van der Waals surface area contributed by atoms with Gasteiger partial charge in [-0.2, -0.15) is 21.8 Å². The molecule has 0 spiro atoms. The summed E-state index contributed by atoms with van der Waals surface area (Å²) in [5, 5.41) is 11.9. The van der Waals surface area contributed by atoms with E-state index in [0.29, 0.717) is 17.4 Å². The van der Waals surface area contributed by atoms with Crippen molar-refractivity contribution >= 4 is 11.8 Å². The molecular weight excluding hydrogens is 248 g/mol. The molecule has 0 aromatic carbocycles. The number of aryl methyl sites for hydroxylation is 1. The van der Waals surface area contributed by atoms with Crippen molar-refractivity contribution in [2.45, 2.75) is 25.5 Å². The van der Waals surface area contributed by atoms with Crippen molar-refractivity contribution in [1.29, 1.82) is 0 Å². The van der Waals surface area contributed by atoms with Gasteiger partial charge in [0.25, 0.3) is 0 Å². The summed E-state index contributed by atoms with van der Waals surface area (Å²) in [7, 11) is 0. The highest BCUT2D eigenvalue weighted by Gasteiger charge is 2.21. The molecule has 0 unspecified atom stereocenters. The average Bonchev–Trinajstić information content (AvgIpc) is 3.08. The van der Waals surface area contributed by atoms with Crippen LogP contribution in [-0.4, -0.2) is 26.1 Å². The van der Waals surface area contributed by atoms with Crippen LogP contribution in [0.3, 0.4) is 0 Å². The maximum atomic E-state index is 5.20. The Bertz CT molecular complexity index is 521. The maximum absolute atomic E-state index is 5.20. The highest BCUT2D eigenvalue weighted by Crippen LogP contribution is 2.33. The fourth-order valence-electron chi connectivity index (χ4n) is 1.53. The van der Waals surface area contributed by atoms with Crippen molar-refractivity contribution in [3.63, 3.8) is 0 Å². The van der Waals surface area contributed by atoms with Crippen LogP contribution in [0.1, 0.15) is 24.4 Å². The molecule has 0 N–H and O–H groups in total. The molecule has 1 aliphatic rings. The topological polar surface area (TPSA) is 64.7 Å². The minimum atomic E-state index is 0.518. The van der Waals surface area contributed by atoms with Crippen LogP contribution in [-0.2, 0) is 5.75 Å². The SMILES string of the molecule is Cc1ccc(-c2noc(CSCC3CC3)n2)nn1. The van der Waals surface area contributed by atoms with Gasteiger partial charge in [0.2, 0.25) is 11.7 Å². The molecular formula is C12H14N4OS. The van der Waals surface area contributed by atoms with E-state index in [1.54, 1.807) is 0 Å². The molecule has 1 aliphatic carbocycles. The van der Waals surface area contributed by atoms with Crippen LogP contribution in [0, 0.1) is 12.8 Å². The Labute approximate surface area is 109 Å². The lowest BCUT2D eigenvalue weighted by Crippen LogP contribution is -1.91. The molecule has 18 heavy (non-hydrogen) atoms. The molecule has 0 aliphatic heterocycles. The molecule has 2 aromatic rings. The van der Waals surface area contributed by atoms with Gasteiger partial charge in [-0.05, 0) is 43.6 Å². The van der Waals surface area contributed by atoms with E-state index < -0.39 is 0 Å². The molecule has 2 aromatic heterocycles. The van der Waals surface area contributed by atoms with Gasteiger partial charge in [0.1, 0.15) is 5.69 Å².